The van der Waals surface area contributed by atoms with E-state index in [-0.39, 0.29) is 29.8 Å². The van der Waals surface area contributed by atoms with E-state index in [2.05, 4.69) is 0 Å². The van der Waals surface area contributed by atoms with Gasteiger partial charge >= 0.3 is 0 Å². The normalized spacial score (nSPS) is 15.2. The SMILES string of the molecule is [2H]c1c([2H])c([2H])c2c(oc3cccc(Cl)c32)c1[2H]. The van der Waals surface area contributed by atoms with Crippen molar-refractivity contribution in [1.29, 1.82) is 0 Å². The predicted molar refractivity (Wildman–Crippen MR) is 58.7 cm³/mol. The molecular weight excluding hydrogens is 196 g/mol. The van der Waals surface area contributed by atoms with E-state index in [1.807, 2.05) is 0 Å². The molecule has 0 aliphatic carbocycles. The molecule has 0 spiro atoms. The molecule has 0 saturated heterocycles. The molecule has 2 aromatic carbocycles. The van der Waals surface area contributed by atoms with Gasteiger partial charge in [-0.3, -0.25) is 0 Å². The van der Waals surface area contributed by atoms with Crippen LogP contribution in [0.15, 0.2) is 46.8 Å². The summed E-state index contributed by atoms with van der Waals surface area (Å²) in [7, 11) is 0. The van der Waals surface area contributed by atoms with Gasteiger partial charge in [-0.2, -0.15) is 0 Å². The first-order valence-electron chi connectivity index (χ1n) is 6.09. The molecule has 0 saturated carbocycles. The van der Waals surface area contributed by atoms with E-state index < -0.39 is 0 Å². The molecule has 3 rings (SSSR count). The van der Waals surface area contributed by atoms with Gasteiger partial charge in [-0.1, -0.05) is 35.8 Å². The third kappa shape index (κ3) is 0.962. The number of halogens is 1. The van der Waals surface area contributed by atoms with Crippen LogP contribution in [0.3, 0.4) is 0 Å². The minimum absolute atomic E-state index is 0.127. The smallest absolute Gasteiger partial charge is 0.136 e. The third-order valence-corrected chi connectivity index (χ3v) is 2.41. The maximum Gasteiger partial charge on any atom is 0.136 e. The Labute approximate surface area is 91.5 Å². The van der Waals surface area contributed by atoms with Crippen LogP contribution >= 0.6 is 11.6 Å². The van der Waals surface area contributed by atoms with Crippen LogP contribution < -0.4 is 0 Å². The van der Waals surface area contributed by atoms with E-state index >= 15 is 0 Å². The first-order valence-corrected chi connectivity index (χ1v) is 4.47. The fourth-order valence-corrected chi connectivity index (χ4v) is 1.76. The number of fused-ring (bicyclic) bond motifs is 3. The summed E-state index contributed by atoms with van der Waals surface area (Å²) in [6, 6.07) is 4.17. The number of hydrogen-bond acceptors (Lipinski definition) is 1. The third-order valence-electron chi connectivity index (χ3n) is 2.09. The zero-order chi connectivity index (χ0) is 13.0. The maximum atomic E-state index is 7.91. The van der Waals surface area contributed by atoms with Crippen molar-refractivity contribution in [2.75, 3.05) is 0 Å². The van der Waals surface area contributed by atoms with Crippen LogP contribution in [-0.2, 0) is 0 Å². The molecule has 1 nitrogen and oxygen atoms in total. The highest BCUT2D eigenvalue weighted by Crippen LogP contribution is 2.33. The summed E-state index contributed by atoms with van der Waals surface area (Å²) >= 11 is 6.08. The summed E-state index contributed by atoms with van der Waals surface area (Å²) < 4.78 is 36.5. The van der Waals surface area contributed by atoms with E-state index in [4.69, 9.17) is 21.5 Å². The Kier molecular flexibility index (Phi) is 0.956. The summed E-state index contributed by atoms with van der Waals surface area (Å²) in [4.78, 5) is 0. The lowest BCUT2D eigenvalue weighted by atomic mass is 10.1. The second-order valence-corrected chi connectivity index (χ2v) is 3.33. The van der Waals surface area contributed by atoms with Crippen molar-refractivity contribution in [3.05, 3.63) is 47.4 Å². The average Bonchev–Trinajstić information content (AvgIpc) is 2.75. The second kappa shape index (κ2) is 2.76. The van der Waals surface area contributed by atoms with Crippen molar-refractivity contribution in [3.63, 3.8) is 0 Å². The van der Waals surface area contributed by atoms with Gasteiger partial charge in [0.05, 0.1) is 10.5 Å². The highest BCUT2D eigenvalue weighted by atomic mass is 35.5. The first kappa shape index (κ1) is 4.85. The van der Waals surface area contributed by atoms with Crippen molar-refractivity contribution >= 4 is 33.5 Å². The highest BCUT2D eigenvalue weighted by Gasteiger charge is 2.07. The van der Waals surface area contributed by atoms with Crippen LogP contribution in [0.5, 0.6) is 0 Å². The molecule has 0 N–H and O–H groups in total. The molecular formula is C12H7ClO. The van der Waals surface area contributed by atoms with Crippen molar-refractivity contribution in [1.82, 2.24) is 0 Å². The number of hydrogen-bond donors (Lipinski definition) is 0. The second-order valence-electron chi connectivity index (χ2n) is 2.92. The van der Waals surface area contributed by atoms with Crippen LogP contribution in [0.2, 0.25) is 5.02 Å². The molecule has 0 amide bonds. The molecule has 0 atom stereocenters. The van der Waals surface area contributed by atoms with Crippen molar-refractivity contribution in [3.8, 4) is 0 Å². The monoisotopic (exact) mass is 206 g/mol. The quantitative estimate of drug-likeness (QED) is 0.536. The Bertz CT molecular complexity index is 794. The van der Waals surface area contributed by atoms with Crippen LogP contribution in [0, 0.1) is 0 Å². The minimum atomic E-state index is -0.303. The summed E-state index contributed by atoms with van der Waals surface area (Å²) in [6.07, 6.45) is 0. The van der Waals surface area contributed by atoms with Crippen LogP contribution in [0.1, 0.15) is 5.48 Å². The molecule has 0 unspecified atom stereocenters. The van der Waals surface area contributed by atoms with Gasteiger partial charge in [0.25, 0.3) is 0 Å². The summed E-state index contributed by atoms with van der Waals surface area (Å²) in [5.41, 5.74) is 0.605. The van der Waals surface area contributed by atoms with Gasteiger partial charge in [0, 0.05) is 10.8 Å². The topological polar surface area (TPSA) is 13.1 Å². The molecule has 0 fully saturated rings. The lowest BCUT2D eigenvalue weighted by Gasteiger charge is -1.91. The number of para-hydroxylation sites is 1. The molecule has 1 aromatic heterocycles. The Hall–Kier alpha value is -1.47. The molecule has 0 bridgehead atoms. The molecule has 0 aliphatic heterocycles. The van der Waals surface area contributed by atoms with E-state index in [9.17, 15) is 0 Å². The van der Waals surface area contributed by atoms with Gasteiger partial charge in [0.2, 0.25) is 0 Å². The van der Waals surface area contributed by atoms with E-state index in [0.717, 1.165) is 0 Å². The van der Waals surface area contributed by atoms with Crippen molar-refractivity contribution in [2.45, 2.75) is 0 Å². The lowest BCUT2D eigenvalue weighted by molar-refractivity contribution is 0.669. The zero-order valence-electron chi connectivity index (χ0n) is 11.0. The van der Waals surface area contributed by atoms with Crippen LogP contribution in [0.25, 0.3) is 21.9 Å². The zero-order valence-corrected chi connectivity index (χ0v) is 7.77. The van der Waals surface area contributed by atoms with E-state index in [1.54, 1.807) is 18.2 Å². The molecule has 0 radical (unpaired) electrons. The number of furan rings is 1. The van der Waals surface area contributed by atoms with Gasteiger partial charge in [-0.25, -0.2) is 0 Å². The van der Waals surface area contributed by atoms with Gasteiger partial charge in [-0.15, -0.1) is 0 Å². The molecule has 68 valence electrons. The Morgan fingerprint density at radius 2 is 2.00 bits per heavy atom. The largest absolute Gasteiger partial charge is 0.456 e. The summed E-state index contributed by atoms with van der Waals surface area (Å²) in [6.45, 7) is 0. The predicted octanol–water partition coefficient (Wildman–Crippen LogP) is 4.24. The molecule has 2 heteroatoms. The average molecular weight is 207 g/mol. The van der Waals surface area contributed by atoms with Crippen LogP contribution in [0.4, 0.5) is 0 Å². The molecule has 3 aromatic rings. The first-order chi connectivity index (χ1) is 8.52. The lowest BCUT2D eigenvalue weighted by Crippen LogP contribution is -1.67. The molecule has 1 heterocycles. The Morgan fingerprint density at radius 1 is 1.14 bits per heavy atom. The summed E-state index contributed by atoms with van der Waals surface area (Å²) in [5, 5.41) is 1.28. The van der Waals surface area contributed by atoms with Crippen LogP contribution in [-0.4, -0.2) is 0 Å². The van der Waals surface area contributed by atoms with Gasteiger partial charge < -0.3 is 4.42 Å². The molecule has 0 aliphatic rings. The fourth-order valence-electron chi connectivity index (χ4n) is 1.50. The maximum absolute atomic E-state index is 7.91. The van der Waals surface area contributed by atoms with E-state index in [1.165, 1.54) is 0 Å². The van der Waals surface area contributed by atoms with Gasteiger partial charge in [0.1, 0.15) is 11.2 Å². The summed E-state index contributed by atoms with van der Waals surface area (Å²) in [5.74, 6) is 0. The highest BCUT2D eigenvalue weighted by molar-refractivity contribution is 6.37. The standard InChI is InChI=1S/C12H7ClO/c13-9-5-3-7-11-12(9)8-4-1-2-6-10(8)14-11/h1-7H/i1D,2D,4D,6D. The van der Waals surface area contributed by atoms with Crippen molar-refractivity contribution in [2.24, 2.45) is 0 Å². The Morgan fingerprint density at radius 3 is 2.93 bits per heavy atom. The number of rotatable bonds is 0. The van der Waals surface area contributed by atoms with Gasteiger partial charge in [-0.05, 0) is 18.2 Å². The number of benzene rings is 2. The van der Waals surface area contributed by atoms with Gasteiger partial charge in [0.15, 0.2) is 0 Å². The Balaban J connectivity index is 2.69. The van der Waals surface area contributed by atoms with Crippen molar-refractivity contribution < 1.29 is 9.90 Å². The fraction of sp³-hybridized carbons (Fsp3) is 0. The minimum Gasteiger partial charge on any atom is -0.456 e. The molecule has 14 heavy (non-hydrogen) atoms. The van der Waals surface area contributed by atoms with E-state index in [0.29, 0.717) is 21.4 Å².